The van der Waals surface area contributed by atoms with Gasteiger partial charge in [0, 0.05) is 17.1 Å². The van der Waals surface area contributed by atoms with Gasteiger partial charge >= 0.3 is 6.16 Å². The summed E-state index contributed by atoms with van der Waals surface area (Å²) in [5, 5.41) is 0. The lowest BCUT2D eigenvalue weighted by atomic mass is 10.2. The van der Waals surface area contributed by atoms with Crippen LogP contribution in [-0.4, -0.2) is 12.8 Å². The van der Waals surface area contributed by atoms with Crippen LogP contribution >= 0.6 is 0 Å². The van der Waals surface area contributed by atoms with Crippen LogP contribution in [0.2, 0.25) is 0 Å². The second-order valence-corrected chi connectivity index (χ2v) is 5.29. The normalized spacial score (nSPS) is 10.1. The number of nitrogens with zero attached hydrogens (tertiary/aromatic N) is 1. The Labute approximate surface area is 147 Å². The highest BCUT2D eigenvalue weighted by Gasteiger charge is 2.12. The standard InChI is InChI=1S/C21H19NO3/c1-2-24-21(23)25-20-15-13-19(14-16-20)22(17-9-5-3-6-10-17)18-11-7-4-8-12-18/h3-16H,2H2,1H3. The van der Waals surface area contributed by atoms with E-state index in [9.17, 15) is 4.79 Å². The fraction of sp³-hybridized carbons (Fsp3) is 0.0952. The average molecular weight is 333 g/mol. The van der Waals surface area contributed by atoms with Crippen molar-refractivity contribution in [2.45, 2.75) is 6.92 Å². The minimum Gasteiger partial charge on any atom is -0.434 e. The van der Waals surface area contributed by atoms with Crippen LogP contribution in [-0.2, 0) is 4.74 Å². The summed E-state index contributed by atoms with van der Waals surface area (Å²) in [7, 11) is 0. The largest absolute Gasteiger partial charge is 0.513 e. The van der Waals surface area contributed by atoms with Gasteiger partial charge in [0.05, 0.1) is 6.61 Å². The number of benzene rings is 3. The molecule has 3 aromatic rings. The van der Waals surface area contributed by atoms with Gasteiger partial charge in [-0.25, -0.2) is 4.79 Å². The average Bonchev–Trinajstić information content (AvgIpc) is 2.65. The van der Waals surface area contributed by atoms with E-state index < -0.39 is 6.16 Å². The molecule has 0 N–H and O–H groups in total. The summed E-state index contributed by atoms with van der Waals surface area (Å²) in [6.07, 6.45) is -0.696. The molecule has 0 aliphatic heterocycles. The Morgan fingerprint density at radius 1 is 0.760 bits per heavy atom. The molecule has 0 saturated heterocycles. The summed E-state index contributed by atoms with van der Waals surface area (Å²) in [4.78, 5) is 13.6. The molecule has 0 aliphatic rings. The van der Waals surface area contributed by atoms with E-state index >= 15 is 0 Å². The Bertz CT molecular complexity index is 762. The minimum atomic E-state index is -0.696. The van der Waals surface area contributed by atoms with Gasteiger partial charge in [-0.3, -0.25) is 0 Å². The molecule has 3 rings (SSSR count). The highest BCUT2D eigenvalue weighted by Crippen LogP contribution is 2.34. The summed E-state index contributed by atoms with van der Waals surface area (Å²) in [6.45, 7) is 2.02. The topological polar surface area (TPSA) is 38.8 Å². The fourth-order valence-corrected chi connectivity index (χ4v) is 2.51. The lowest BCUT2D eigenvalue weighted by Crippen LogP contribution is -2.11. The van der Waals surface area contributed by atoms with Crippen molar-refractivity contribution in [2.75, 3.05) is 11.5 Å². The van der Waals surface area contributed by atoms with Crippen LogP contribution in [0.15, 0.2) is 84.9 Å². The van der Waals surface area contributed by atoms with E-state index in [2.05, 4.69) is 29.2 Å². The molecule has 0 aliphatic carbocycles. The molecule has 0 bridgehead atoms. The van der Waals surface area contributed by atoms with Crippen molar-refractivity contribution >= 4 is 23.2 Å². The minimum absolute atomic E-state index is 0.284. The van der Waals surface area contributed by atoms with E-state index in [1.54, 1.807) is 19.1 Å². The van der Waals surface area contributed by atoms with Gasteiger partial charge in [0.1, 0.15) is 5.75 Å². The third kappa shape index (κ3) is 4.18. The molecular formula is C21H19NO3. The van der Waals surface area contributed by atoms with Gasteiger partial charge in [-0.2, -0.15) is 0 Å². The Balaban J connectivity index is 1.90. The number of anilines is 3. The summed E-state index contributed by atoms with van der Waals surface area (Å²) in [5.74, 6) is 0.447. The molecule has 3 aromatic carbocycles. The molecule has 0 unspecified atom stereocenters. The zero-order chi connectivity index (χ0) is 17.5. The number of hydrogen-bond acceptors (Lipinski definition) is 4. The molecule has 0 heterocycles. The Morgan fingerprint density at radius 3 is 1.72 bits per heavy atom. The van der Waals surface area contributed by atoms with Gasteiger partial charge in [-0.05, 0) is 55.5 Å². The molecular weight excluding hydrogens is 314 g/mol. The SMILES string of the molecule is CCOC(=O)Oc1ccc(N(c2ccccc2)c2ccccc2)cc1. The third-order valence-corrected chi connectivity index (χ3v) is 3.59. The first-order valence-corrected chi connectivity index (χ1v) is 8.13. The Hall–Kier alpha value is -3.27. The number of ether oxygens (including phenoxy) is 2. The van der Waals surface area contributed by atoms with E-state index in [1.807, 2.05) is 48.5 Å². The van der Waals surface area contributed by atoms with E-state index in [4.69, 9.17) is 9.47 Å². The van der Waals surface area contributed by atoms with Crippen molar-refractivity contribution in [3.05, 3.63) is 84.9 Å². The molecule has 126 valence electrons. The summed E-state index contributed by atoms with van der Waals surface area (Å²) < 4.78 is 9.91. The van der Waals surface area contributed by atoms with E-state index in [0.717, 1.165) is 17.1 Å². The van der Waals surface area contributed by atoms with E-state index in [0.29, 0.717) is 5.75 Å². The van der Waals surface area contributed by atoms with Crippen LogP contribution in [0, 0.1) is 0 Å². The third-order valence-electron chi connectivity index (χ3n) is 3.59. The van der Waals surface area contributed by atoms with Crippen molar-refractivity contribution in [1.29, 1.82) is 0 Å². The first-order valence-electron chi connectivity index (χ1n) is 8.13. The predicted octanol–water partition coefficient (Wildman–Crippen LogP) is 5.69. The molecule has 25 heavy (non-hydrogen) atoms. The molecule has 0 spiro atoms. The maximum atomic E-state index is 11.4. The van der Waals surface area contributed by atoms with Crippen LogP contribution in [0.1, 0.15) is 6.92 Å². The zero-order valence-corrected chi connectivity index (χ0v) is 14.0. The molecule has 0 radical (unpaired) electrons. The van der Waals surface area contributed by atoms with Gasteiger partial charge in [0.2, 0.25) is 0 Å². The van der Waals surface area contributed by atoms with Crippen LogP contribution in [0.5, 0.6) is 5.75 Å². The van der Waals surface area contributed by atoms with Gasteiger partial charge in [0.15, 0.2) is 0 Å². The quantitative estimate of drug-likeness (QED) is 0.444. The fourth-order valence-electron chi connectivity index (χ4n) is 2.51. The Kier molecular flexibility index (Phi) is 5.32. The maximum absolute atomic E-state index is 11.4. The van der Waals surface area contributed by atoms with Crippen molar-refractivity contribution in [1.82, 2.24) is 0 Å². The lowest BCUT2D eigenvalue weighted by molar-refractivity contribution is 0.104. The number of para-hydroxylation sites is 2. The Morgan fingerprint density at radius 2 is 1.24 bits per heavy atom. The van der Waals surface area contributed by atoms with Crippen molar-refractivity contribution in [2.24, 2.45) is 0 Å². The highest BCUT2D eigenvalue weighted by atomic mass is 16.7. The summed E-state index contributed by atoms with van der Waals surface area (Å²) in [6, 6.07) is 27.5. The summed E-state index contributed by atoms with van der Waals surface area (Å²) in [5.41, 5.74) is 3.06. The second-order valence-electron chi connectivity index (χ2n) is 5.29. The van der Waals surface area contributed by atoms with Gasteiger partial charge in [-0.1, -0.05) is 36.4 Å². The highest BCUT2D eigenvalue weighted by molar-refractivity contribution is 5.76. The van der Waals surface area contributed by atoms with Crippen LogP contribution in [0.25, 0.3) is 0 Å². The molecule has 0 amide bonds. The number of hydrogen-bond donors (Lipinski definition) is 0. The first-order chi connectivity index (χ1) is 12.3. The molecule has 4 heteroatoms. The number of carbonyl (C=O) groups excluding carboxylic acids is 1. The van der Waals surface area contributed by atoms with Gasteiger partial charge in [-0.15, -0.1) is 0 Å². The molecule has 0 aromatic heterocycles. The van der Waals surface area contributed by atoms with Crippen molar-refractivity contribution in [3.63, 3.8) is 0 Å². The smallest absolute Gasteiger partial charge is 0.434 e. The monoisotopic (exact) mass is 333 g/mol. The first kappa shape index (κ1) is 16.6. The maximum Gasteiger partial charge on any atom is 0.513 e. The van der Waals surface area contributed by atoms with Crippen LogP contribution in [0.4, 0.5) is 21.9 Å². The molecule has 0 saturated carbocycles. The lowest BCUT2D eigenvalue weighted by Gasteiger charge is -2.25. The van der Waals surface area contributed by atoms with Gasteiger partial charge < -0.3 is 14.4 Å². The number of carbonyl (C=O) groups is 1. The molecule has 4 nitrogen and oxygen atoms in total. The molecule has 0 fully saturated rings. The number of rotatable bonds is 5. The van der Waals surface area contributed by atoms with E-state index in [-0.39, 0.29) is 6.61 Å². The van der Waals surface area contributed by atoms with Crippen molar-refractivity contribution in [3.8, 4) is 5.75 Å². The zero-order valence-electron chi connectivity index (χ0n) is 14.0. The van der Waals surface area contributed by atoms with Crippen LogP contribution < -0.4 is 9.64 Å². The van der Waals surface area contributed by atoms with E-state index in [1.165, 1.54) is 0 Å². The van der Waals surface area contributed by atoms with Crippen LogP contribution in [0.3, 0.4) is 0 Å². The second kappa shape index (κ2) is 8.02. The summed E-state index contributed by atoms with van der Waals surface area (Å²) >= 11 is 0. The van der Waals surface area contributed by atoms with Crippen molar-refractivity contribution < 1.29 is 14.3 Å². The van der Waals surface area contributed by atoms with Gasteiger partial charge in [0.25, 0.3) is 0 Å². The molecule has 0 atom stereocenters. The predicted molar refractivity (Wildman–Crippen MR) is 98.8 cm³/mol.